The number of pyridine rings is 1. The first-order valence-electron chi connectivity index (χ1n) is 5.17. The molecule has 0 amide bonds. The van der Waals surface area contributed by atoms with Crippen LogP contribution < -0.4 is 0 Å². The topological polar surface area (TPSA) is 79.7 Å². The van der Waals surface area contributed by atoms with Crippen LogP contribution in [0.5, 0.6) is 0 Å². The lowest BCUT2D eigenvalue weighted by molar-refractivity contribution is 0.0167. The van der Waals surface area contributed by atoms with E-state index in [0.29, 0.717) is 0 Å². The second-order valence-electron chi connectivity index (χ2n) is 3.59. The fourth-order valence-electron chi connectivity index (χ4n) is 1.37. The molecule has 0 saturated heterocycles. The van der Waals surface area contributed by atoms with Gasteiger partial charge < -0.3 is 14.9 Å². The third kappa shape index (κ3) is 3.55. The fraction of sp³-hybridized carbons (Fsp3) is 0.455. The molecule has 0 radical (unpaired) electrons. The van der Waals surface area contributed by atoms with E-state index < -0.39 is 18.2 Å². The molecule has 0 bridgehead atoms. The Balaban J connectivity index is 3.00. The van der Waals surface area contributed by atoms with E-state index >= 15 is 0 Å². The number of carbonyl (C=O) groups is 1. The van der Waals surface area contributed by atoms with Crippen LogP contribution in [0.15, 0.2) is 12.3 Å². The first kappa shape index (κ1) is 15.2. The van der Waals surface area contributed by atoms with Crippen molar-refractivity contribution in [2.75, 3.05) is 13.0 Å². The molecule has 1 aromatic heterocycles. The summed E-state index contributed by atoms with van der Waals surface area (Å²) in [7, 11) is 1.21. The van der Waals surface area contributed by atoms with Crippen LogP contribution in [0.4, 0.5) is 0 Å². The van der Waals surface area contributed by atoms with Gasteiger partial charge in [0.05, 0.1) is 18.8 Å². The summed E-state index contributed by atoms with van der Waals surface area (Å²) in [6.07, 6.45) is -0.705. The number of aliphatic hydroxyl groups is 2. The molecule has 0 aliphatic heterocycles. The van der Waals surface area contributed by atoms with E-state index in [4.69, 9.17) is 23.2 Å². The minimum Gasteiger partial charge on any atom is -0.465 e. The van der Waals surface area contributed by atoms with Gasteiger partial charge in [0.1, 0.15) is 11.3 Å². The number of halogens is 2. The minimum absolute atomic E-state index is 0.0235. The van der Waals surface area contributed by atoms with Crippen molar-refractivity contribution in [3.05, 3.63) is 28.5 Å². The molecule has 1 heterocycles. The number of aliphatic hydroxyl groups excluding tert-OH is 2. The van der Waals surface area contributed by atoms with E-state index in [0.717, 1.165) is 0 Å². The highest BCUT2D eigenvalue weighted by atomic mass is 35.5. The molecular weight excluding hydrogens is 281 g/mol. The van der Waals surface area contributed by atoms with Crippen LogP contribution in [-0.4, -0.2) is 40.3 Å². The smallest absolute Gasteiger partial charge is 0.341 e. The largest absolute Gasteiger partial charge is 0.465 e. The molecule has 2 unspecified atom stereocenters. The summed E-state index contributed by atoms with van der Waals surface area (Å²) in [4.78, 5) is 15.2. The molecule has 0 fully saturated rings. The van der Waals surface area contributed by atoms with Gasteiger partial charge in [-0.2, -0.15) is 0 Å². The molecule has 1 aromatic rings. The van der Waals surface area contributed by atoms with Gasteiger partial charge in [-0.25, -0.2) is 9.78 Å². The highest BCUT2D eigenvalue weighted by Gasteiger charge is 2.21. The Morgan fingerprint density at radius 1 is 1.56 bits per heavy atom. The van der Waals surface area contributed by atoms with Crippen LogP contribution in [0, 0.1) is 0 Å². The quantitative estimate of drug-likeness (QED) is 0.489. The van der Waals surface area contributed by atoms with E-state index in [1.807, 2.05) is 0 Å². The number of esters is 1. The summed E-state index contributed by atoms with van der Waals surface area (Å²) in [5.74, 6) is -0.447. The van der Waals surface area contributed by atoms with Crippen LogP contribution >= 0.6 is 23.2 Å². The van der Waals surface area contributed by atoms with Gasteiger partial charge in [0.15, 0.2) is 0 Å². The molecule has 5 nitrogen and oxygen atoms in total. The number of carbonyl (C=O) groups excluding carboxylic acids is 1. The predicted octanol–water partition coefficient (Wildman–Crippen LogP) is 1.54. The maximum Gasteiger partial charge on any atom is 0.341 e. The standard InChI is InChI=1S/C11H13Cl2NO4/c1-18-11(17)7-4-6(5-14-10(7)13)9(16)8(15)2-3-12/h4-5,8-9,15-16H,2-3H2,1H3. The molecular formula is C11H13Cl2NO4. The van der Waals surface area contributed by atoms with Crippen LogP contribution in [-0.2, 0) is 4.74 Å². The second kappa shape index (κ2) is 6.89. The van der Waals surface area contributed by atoms with E-state index in [9.17, 15) is 15.0 Å². The fourth-order valence-corrected chi connectivity index (χ4v) is 1.77. The monoisotopic (exact) mass is 293 g/mol. The predicted molar refractivity (Wildman–Crippen MR) is 66.9 cm³/mol. The Bertz CT molecular complexity index is 428. The first-order chi connectivity index (χ1) is 8.51. The maximum absolute atomic E-state index is 11.4. The van der Waals surface area contributed by atoms with Crippen molar-refractivity contribution in [2.45, 2.75) is 18.6 Å². The summed E-state index contributed by atoms with van der Waals surface area (Å²) >= 11 is 11.2. The first-order valence-corrected chi connectivity index (χ1v) is 6.08. The average Bonchev–Trinajstić information content (AvgIpc) is 2.38. The SMILES string of the molecule is COC(=O)c1cc(C(O)C(O)CCCl)cnc1Cl. The van der Waals surface area contributed by atoms with Gasteiger partial charge in [-0.3, -0.25) is 0 Å². The van der Waals surface area contributed by atoms with Crippen molar-refractivity contribution in [1.29, 1.82) is 0 Å². The molecule has 7 heteroatoms. The molecule has 0 saturated carbocycles. The number of hydrogen-bond acceptors (Lipinski definition) is 5. The Morgan fingerprint density at radius 3 is 2.78 bits per heavy atom. The Hall–Kier alpha value is -0.880. The van der Waals surface area contributed by atoms with Crippen LogP contribution in [0.1, 0.15) is 28.4 Å². The third-order valence-corrected chi connectivity index (χ3v) is 2.90. The lowest BCUT2D eigenvalue weighted by atomic mass is 10.0. The Morgan fingerprint density at radius 2 is 2.22 bits per heavy atom. The molecule has 2 N–H and O–H groups in total. The van der Waals surface area contributed by atoms with Crippen molar-refractivity contribution >= 4 is 29.2 Å². The van der Waals surface area contributed by atoms with E-state index in [-0.39, 0.29) is 28.6 Å². The van der Waals surface area contributed by atoms with Crippen LogP contribution in [0.3, 0.4) is 0 Å². The number of hydrogen-bond donors (Lipinski definition) is 2. The van der Waals surface area contributed by atoms with Crippen molar-refractivity contribution in [3.8, 4) is 0 Å². The summed E-state index contributed by atoms with van der Waals surface area (Å²) < 4.78 is 4.53. The average molecular weight is 294 g/mol. The van der Waals surface area contributed by atoms with Gasteiger partial charge in [-0.15, -0.1) is 11.6 Å². The number of rotatable bonds is 5. The summed E-state index contributed by atoms with van der Waals surface area (Å²) in [6.45, 7) is 0. The Kier molecular flexibility index (Phi) is 5.81. The number of alkyl halides is 1. The van der Waals surface area contributed by atoms with Crippen LogP contribution in [0.25, 0.3) is 0 Å². The molecule has 0 aliphatic rings. The third-order valence-electron chi connectivity index (χ3n) is 2.38. The van der Waals surface area contributed by atoms with E-state index in [1.54, 1.807) is 0 Å². The zero-order valence-corrected chi connectivity index (χ0v) is 11.1. The highest BCUT2D eigenvalue weighted by molar-refractivity contribution is 6.32. The van der Waals surface area contributed by atoms with Gasteiger partial charge in [-0.05, 0) is 12.5 Å². The second-order valence-corrected chi connectivity index (χ2v) is 4.32. The maximum atomic E-state index is 11.4. The number of nitrogens with zero attached hydrogens (tertiary/aromatic N) is 1. The molecule has 1 rings (SSSR count). The van der Waals surface area contributed by atoms with E-state index in [1.165, 1.54) is 19.4 Å². The zero-order valence-electron chi connectivity index (χ0n) is 9.64. The van der Waals surface area contributed by atoms with Gasteiger partial charge in [0.2, 0.25) is 0 Å². The van der Waals surface area contributed by atoms with Crippen molar-refractivity contribution in [2.24, 2.45) is 0 Å². The number of ether oxygens (including phenoxy) is 1. The van der Waals surface area contributed by atoms with Gasteiger partial charge in [0.25, 0.3) is 0 Å². The molecule has 2 atom stereocenters. The highest BCUT2D eigenvalue weighted by Crippen LogP contribution is 2.23. The molecule has 100 valence electrons. The van der Waals surface area contributed by atoms with Crippen molar-refractivity contribution in [1.82, 2.24) is 4.98 Å². The summed E-state index contributed by atoms with van der Waals surface area (Å²) in [5.41, 5.74) is 0.311. The summed E-state index contributed by atoms with van der Waals surface area (Å²) in [5, 5.41) is 19.4. The van der Waals surface area contributed by atoms with Gasteiger partial charge >= 0.3 is 5.97 Å². The molecule has 0 aliphatic carbocycles. The lowest BCUT2D eigenvalue weighted by Gasteiger charge is -2.17. The Labute approximate surface area is 114 Å². The lowest BCUT2D eigenvalue weighted by Crippen LogP contribution is -2.19. The normalized spacial score (nSPS) is 14.1. The number of methoxy groups -OCH3 is 1. The van der Waals surface area contributed by atoms with Gasteiger partial charge in [-0.1, -0.05) is 11.6 Å². The minimum atomic E-state index is -1.18. The van der Waals surface area contributed by atoms with E-state index in [2.05, 4.69) is 9.72 Å². The molecule has 0 spiro atoms. The van der Waals surface area contributed by atoms with Crippen LogP contribution in [0.2, 0.25) is 5.15 Å². The van der Waals surface area contributed by atoms with Crippen molar-refractivity contribution in [3.63, 3.8) is 0 Å². The zero-order chi connectivity index (χ0) is 13.7. The molecule has 18 heavy (non-hydrogen) atoms. The molecule has 0 aromatic carbocycles. The summed E-state index contributed by atoms with van der Waals surface area (Å²) in [6, 6.07) is 1.34. The van der Waals surface area contributed by atoms with Crippen molar-refractivity contribution < 1.29 is 19.7 Å². The van der Waals surface area contributed by atoms with Gasteiger partial charge in [0, 0.05) is 17.6 Å². The number of aromatic nitrogens is 1.